The standard InChI is InChI=1S/C16H16BrNO4S/c1-12-5-7-15(8-6-12)23(21,22)18(10-9-16(19)20)14-4-2-3-13(17)11-14/h2-8,11H,9-10H2,1H3,(H,19,20). The molecule has 23 heavy (non-hydrogen) atoms. The summed E-state index contributed by atoms with van der Waals surface area (Å²) in [5.41, 5.74) is 1.37. The van der Waals surface area contributed by atoms with Gasteiger partial charge in [-0.3, -0.25) is 9.10 Å². The minimum Gasteiger partial charge on any atom is -0.481 e. The van der Waals surface area contributed by atoms with Gasteiger partial charge in [0.05, 0.1) is 17.0 Å². The number of aliphatic carboxylic acids is 1. The van der Waals surface area contributed by atoms with E-state index in [4.69, 9.17) is 5.11 Å². The highest BCUT2D eigenvalue weighted by Gasteiger charge is 2.25. The Kier molecular flexibility index (Phi) is 5.43. The predicted octanol–water partition coefficient (Wildman–Crippen LogP) is 3.43. The largest absolute Gasteiger partial charge is 0.481 e. The fraction of sp³-hybridized carbons (Fsp3) is 0.188. The number of aryl methyl sites for hydroxylation is 1. The Morgan fingerprint density at radius 3 is 2.39 bits per heavy atom. The van der Waals surface area contributed by atoms with Crippen LogP contribution in [0.5, 0.6) is 0 Å². The topological polar surface area (TPSA) is 74.7 Å². The summed E-state index contributed by atoms with van der Waals surface area (Å²) in [6.45, 7) is 1.73. The molecule has 122 valence electrons. The second-order valence-corrected chi connectivity index (χ2v) is 7.79. The van der Waals surface area contributed by atoms with E-state index in [0.29, 0.717) is 5.69 Å². The molecular formula is C16H16BrNO4S. The third-order valence-electron chi connectivity index (χ3n) is 3.23. The fourth-order valence-electron chi connectivity index (χ4n) is 2.05. The molecule has 0 atom stereocenters. The van der Waals surface area contributed by atoms with Gasteiger partial charge in [0, 0.05) is 11.0 Å². The molecule has 0 saturated carbocycles. The van der Waals surface area contributed by atoms with Crippen LogP contribution < -0.4 is 4.31 Å². The third-order valence-corrected chi connectivity index (χ3v) is 5.57. The lowest BCUT2D eigenvalue weighted by Crippen LogP contribution is -2.33. The average molecular weight is 398 g/mol. The van der Waals surface area contributed by atoms with Crippen LogP contribution in [0.3, 0.4) is 0 Å². The van der Waals surface area contributed by atoms with Gasteiger partial charge in [-0.25, -0.2) is 8.42 Å². The number of sulfonamides is 1. The summed E-state index contributed by atoms with van der Waals surface area (Å²) in [5, 5.41) is 8.91. The molecule has 0 amide bonds. The van der Waals surface area contributed by atoms with Gasteiger partial charge in [0.2, 0.25) is 0 Å². The zero-order valence-electron chi connectivity index (χ0n) is 12.4. The number of carbonyl (C=O) groups is 1. The molecule has 0 radical (unpaired) electrons. The first kappa shape index (κ1) is 17.5. The maximum atomic E-state index is 12.9. The van der Waals surface area contributed by atoms with Crippen LogP contribution in [0.4, 0.5) is 5.69 Å². The SMILES string of the molecule is Cc1ccc(S(=O)(=O)N(CCC(=O)O)c2cccc(Br)c2)cc1. The van der Waals surface area contributed by atoms with E-state index in [1.54, 1.807) is 36.4 Å². The highest BCUT2D eigenvalue weighted by atomic mass is 79.9. The Labute approximate surface area is 143 Å². The van der Waals surface area contributed by atoms with Crippen LogP contribution in [0.1, 0.15) is 12.0 Å². The molecule has 0 aliphatic heterocycles. The Balaban J connectivity index is 2.47. The second-order valence-electron chi connectivity index (χ2n) is 5.01. The van der Waals surface area contributed by atoms with E-state index in [1.165, 1.54) is 12.1 Å². The van der Waals surface area contributed by atoms with Crippen molar-refractivity contribution in [2.24, 2.45) is 0 Å². The molecule has 0 heterocycles. The predicted molar refractivity (Wildman–Crippen MR) is 92.1 cm³/mol. The first-order chi connectivity index (χ1) is 10.8. The van der Waals surface area contributed by atoms with Gasteiger partial charge in [-0.05, 0) is 37.3 Å². The van der Waals surface area contributed by atoms with Crippen LogP contribution in [0.2, 0.25) is 0 Å². The van der Waals surface area contributed by atoms with Gasteiger partial charge in [-0.15, -0.1) is 0 Å². The van der Waals surface area contributed by atoms with Gasteiger partial charge < -0.3 is 5.11 Å². The summed E-state index contributed by atoms with van der Waals surface area (Å²) in [6.07, 6.45) is -0.280. The summed E-state index contributed by atoms with van der Waals surface area (Å²) in [5.74, 6) is -1.05. The number of hydrogen-bond donors (Lipinski definition) is 1. The summed E-state index contributed by atoms with van der Waals surface area (Å²) in [6, 6.07) is 13.2. The van der Waals surface area contributed by atoms with Crippen LogP contribution in [-0.2, 0) is 14.8 Å². The fourth-order valence-corrected chi connectivity index (χ4v) is 3.90. The molecule has 0 bridgehead atoms. The lowest BCUT2D eigenvalue weighted by atomic mass is 10.2. The van der Waals surface area contributed by atoms with Crippen molar-refractivity contribution in [1.82, 2.24) is 0 Å². The van der Waals surface area contributed by atoms with E-state index >= 15 is 0 Å². The van der Waals surface area contributed by atoms with Gasteiger partial charge in [-0.2, -0.15) is 0 Å². The van der Waals surface area contributed by atoms with Crippen LogP contribution in [-0.4, -0.2) is 26.0 Å². The highest BCUT2D eigenvalue weighted by Crippen LogP contribution is 2.26. The number of rotatable bonds is 6. The molecule has 1 N–H and O–H groups in total. The molecule has 2 aromatic rings. The molecule has 0 fully saturated rings. The summed E-state index contributed by atoms with van der Waals surface area (Å²) >= 11 is 3.31. The molecule has 5 nitrogen and oxygen atoms in total. The smallest absolute Gasteiger partial charge is 0.305 e. The third kappa shape index (κ3) is 4.33. The lowest BCUT2D eigenvalue weighted by Gasteiger charge is -2.24. The first-order valence-corrected chi connectivity index (χ1v) is 9.11. The number of carboxylic acid groups (broad SMARTS) is 1. The van der Waals surface area contributed by atoms with Crippen molar-refractivity contribution in [3.8, 4) is 0 Å². The van der Waals surface area contributed by atoms with Gasteiger partial charge in [0.1, 0.15) is 0 Å². The van der Waals surface area contributed by atoms with Crippen molar-refractivity contribution in [2.75, 3.05) is 10.8 Å². The van der Waals surface area contributed by atoms with Crippen LogP contribution >= 0.6 is 15.9 Å². The Hall–Kier alpha value is -1.86. The minimum atomic E-state index is -3.83. The zero-order chi connectivity index (χ0) is 17.0. The van der Waals surface area contributed by atoms with Crippen molar-refractivity contribution >= 4 is 37.6 Å². The molecular weight excluding hydrogens is 382 g/mol. The lowest BCUT2D eigenvalue weighted by molar-refractivity contribution is -0.136. The molecule has 0 aliphatic rings. The number of hydrogen-bond acceptors (Lipinski definition) is 3. The van der Waals surface area contributed by atoms with E-state index in [-0.39, 0.29) is 17.9 Å². The summed E-state index contributed by atoms with van der Waals surface area (Å²) in [7, 11) is -3.83. The second kappa shape index (κ2) is 7.14. The van der Waals surface area contributed by atoms with Gasteiger partial charge in [0.25, 0.3) is 10.0 Å². The molecule has 0 unspecified atom stereocenters. The van der Waals surface area contributed by atoms with Crippen molar-refractivity contribution in [1.29, 1.82) is 0 Å². The summed E-state index contributed by atoms with van der Waals surface area (Å²) in [4.78, 5) is 11.0. The Morgan fingerprint density at radius 2 is 1.83 bits per heavy atom. The van der Waals surface area contributed by atoms with Gasteiger partial charge in [-0.1, -0.05) is 39.7 Å². The van der Waals surface area contributed by atoms with E-state index in [0.717, 1.165) is 14.3 Å². The maximum absolute atomic E-state index is 12.9. The molecule has 0 aliphatic carbocycles. The molecule has 2 aromatic carbocycles. The van der Waals surface area contributed by atoms with Crippen LogP contribution in [0.15, 0.2) is 57.9 Å². The number of anilines is 1. The number of carboxylic acids is 1. The van der Waals surface area contributed by atoms with E-state index in [1.807, 2.05) is 6.92 Å². The highest BCUT2D eigenvalue weighted by molar-refractivity contribution is 9.10. The van der Waals surface area contributed by atoms with Gasteiger partial charge >= 0.3 is 5.97 Å². The molecule has 0 spiro atoms. The number of halogens is 1. The Morgan fingerprint density at radius 1 is 1.17 bits per heavy atom. The number of nitrogens with zero attached hydrogens (tertiary/aromatic N) is 1. The monoisotopic (exact) mass is 397 g/mol. The van der Waals surface area contributed by atoms with Crippen LogP contribution in [0, 0.1) is 6.92 Å². The maximum Gasteiger partial charge on any atom is 0.305 e. The molecule has 0 aromatic heterocycles. The quantitative estimate of drug-likeness (QED) is 0.809. The average Bonchev–Trinajstić information content (AvgIpc) is 2.47. The molecule has 7 heteroatoms. The minimum absolute atomic E-state index is 0.133. The van der Waals surface area contributed by atoms with Crippen molar-refractivity contribution in [2.45, 2.75) is 18.2 Å². The Bertz CT molecular complexity index is 803. The number of benzene rings is 2. The van der Waals surface area contributed by atoms with Crippen LogP contribution in [0.25, 0.3) is 0 Å². The van der Waals surface area contributed by atoms with Crippen molar-refractivity contribution in [3.63, 3.8) is 0 Å². The zero-order valence-corrected chi connectivity index (χ0v) is 14.8. The van der Waals surface area contributed by atoms with E-state index in [2.05, 4.69) is 15.9 Å². The van der Waals surface area contributed by atoms with E-state index < -0.39 is 16.0 Å². The van der Waals surface area contributed by atoms with Crippen molar-refractivity contribution in [3.05, 3.63) is 58.6 Å². The summed E-state index contributed by atoms with van der Waals surface area (Å²) < 4.78 is 27.6. The first-order valence-electron chi connectivity index (χ1n) is 6.87. The molecule has 0 saturated heterocycles. The van der Waals surface area contributed by atoms with Crippen molar-refractivity contribution < 1.29 is 18.3 Å². The van der Waals surface area contributed by atoms with E-state index in [9.17, 15) is 13.2 Å². The normalized spacial score (nSPS) is 11.2. The molecule has 2 rings (SSSR count). The van der Waals surface area contributed by atoms with Gasteiger partial charge in [0.15, 0.2) is 0 Å².